The van der Waals surface area contributed by atoms with E-state index in [1.807, 2.05) is 7.05 Å². The first-order valence-electron chi connectivity index (χ1n) is 6.19. The Balaban J connectivity index is 2.26. The summed E-state index contributed by atoms with van der Waals surface area (Å²) in [5, 5.41) is 4.63. The number of nitrogens with zero attached hydrogens (tertiary/aromatic N) is 3. The van der Waals surface area contributed by atoms with Crippen molar-refractivity contribution in [1.29, 1.82) is 0 Å². The van der Waals surface area contributed by atoms with Gasteiger partial charge in [-0.25, -0.2) is 0 Å². The van der Waals surface area contributed by atoms with Gasteiger partial charge < -0.3 is 9.64 Å². The Morgan fingerprint density at radius 3 is 2.81 bits per heavy atom. The van der Waals surface area contributed by atoms with Crippen molar-refractivity contribution < 1.29 is 9.53 Å². The quantitative estimate of drug-likeness (QED) is 0.828. The van der Waals surface area contributed by atoms with Crippen LogP contribution in [0.25, 0.3) is 0 Å². The summed E-state index contributed by atoms with van der Waals surface area (Å²) in [7, 11) is 5.08. The van der Waals surface area contributed by atoms with E-state index < -0.39 is 0 Å². The first kappa shape index (κ1) is 15.9. The molecule has 1 aromatic heterocycles. The number of aromatic nitrogens is 2. The van der Waals surface area contributed by atoms with Crippen molar-refractivity contribution in [3.8, 4) is 5.75 Å². The fourth-order valence-corrected chi connectivity index (χ4v) is 2.61. The van der Waals surface area contributed by atoms with Gasteiger partial charge in [0.1, 0.15) is 5.75 Å². The van der Waals surface area contributed by atoms with Gasteiger partial charge in [-0.1, -0.05) is 11.6 Å². The number of carbonyl (C=O) groups is 1. The highest BCUT2D eigenvalue weighted by Crippen LogP contribution is 2.25. The van der Waals surface area contributed by atoms with Crippen LogP contribution < -0.4 is 4.74 Å². The van der Waals surface area contributed by atoms with Crippen molar-refractivity contribution in [2.45, 2.75) is 6.54 Å². The summed E-state index contributed by atoms with van der Waals surface area (Å²) in [6, 6.07) is 4.98. The minimum atomic E-state index is -0.164. The number of benzene rings is 1. The summed E-state index contributed by atoms with van der Waals surface area (Å²) in [6.07, 6.45) is 1.70. The maximum absolute atomic E-state index is 12.6. The summed E-state index contributed by atoms with van der Waals surface area (Å²) in [4.78, 5) is 14.2. The monoisotopic (exact) mass is 371 g/mol. The van der Waals surface area contributed by atoms with Crippen LogP contribution in [0.2, 0.25) is 5.02 Å². The van der Waals surface area contributed by atoms with Crippen molar-refractivity contribution in [3.63, 3.8) is 0 Å². The van der Waals surface area contributed by atoms with Crippen LogP contribution in [0.1, 0.15) is 16.1 Å². The van der Waals surface area contributed by atoms with E-state index in [1.54, 1.807) is 41.0 Å². The van der Waals surface area contributed by atoms with Crippen molar-refractivity contribution in [2.24, 2.45) is 7.05 Å². The van der Waals surface area contributed by atoms with E-state index in [2.05, 4.69) is 21.0 Å². The van der Waals surface area contributed by atoms with Crippen LogP contribution in [-0.4, -0.2) is 34.7 Å². The van der Waals surface area contributed by atoms with Crippen molar-refractivity contribution >= 4 is 33.4 Å². The van der Waals surface area contributed by atoms with Gasteiger partial charge in [0, 0.05) is 19.1 Å². The lowest BCUT2D eigenvalue weighted by Gasteiger charge is -2.19. The Kier molecular flexibility index (Phi) is 4.90. The molecule has 112 valence electrons. The number of amides is 1. The Bertz CT molecular complexity index is 653. The first-order chi connectivity index (χ1) is 9.93. The van der Waals surface area contributed by atoms with Crippen molar-refractivity contribution in [2.75, 3.05) is 14.2 Å². The molecule has 0 bridgehead atoms. The number of aryl methyl sites for hydroxylation is 1. The third-order valence-electron chi connectivity index (χ3n) is 3.14. The van der Waals surface area contributed by atoms with Gasteiger partial charge in [0.2, 0.25) is 0 Å². The molecule has 0 radical (unpaired) electrons. The van der Waals surface area contributed by atoms with Crippen LogP contribution in [0.3, 0.4) is 0 Å². The Hall–Kier alpha value is -1.53. The third kappa shape index (κ3) is 3.39. The Morgan fingerprint density at radius 2 is 2.24 bits per heavy atom. The molecule has 1 amide bonds. The van der Waals surface area contributed by atoms with Crippen LogP contribution in [0.4, 0.5) is 0 Å². The van der Waals surface area contributed by atoms with Crippen LogP contribution >= 0.6 is 27.5 Å². The van der Waals surface area contributed by atoms with Gasteiger partial charge in [0.15, 0.2) is 0 Å². The van der Waals surface area contributed by atoms with E-state index in [4.69, 9.17) is 16.3 Å². The molecule has 0 unspecified atom stereocenters. The van der Waals surface area contributed by atoms with E-state index in [9.17, 15) is 4.79 Å². The number of methoxy groups -OCH3 is 1. The Labute approximate surface area is 136 Å². The number of hydrogen-bond donors (Lipinski definition) is 0. The normalized spacial score (nSPS) is 10.5. The summed E-state index contributed by atoms with van der Waals surface area (Å²) in [6.45, 7) is 0.422. The molecular formula is C14H15BrClN3O2. The van der Waals surface area contributed by atoms with Crippen molar-refractivity contribution in [1.82, 2.24) is 14.7 Å². The van der Waals surface area contributed by atoms with Crippen LogP contribution in [0, 0.1) is 0 Å². The molecule has 21 heavy (non-hydrogen) atoms. The highest BCUT2D eigenvalue weighted by Gasteiger charge is 2.19. The molecular weight excluding hydrogens is 358 g/mol. The lowest BCUT2D eigenvalue weighted by Crippen LogP contribution is -2.27. The summed E-state index contributed by atoms with van der Waals surface area (Å²) < 4.78 is 7.81. The van der Waals surface area contributed by atoms with Gasteiger partial charge in [0.25, 0.3) is 5.91 Å². The highest BCUT2D eigenvalue weighted by molar-refractivity contribution is 9.10. The van der Waals surface area contributed by atoms with E-state index in [-0.39, 0.29) is 5.91 Å². The molecule has 5 nitrogen and oxygen atoms in total. The molecule has 0 saturated heterocycles. The lowest BCUT2D eigenvalue weighted by atomic mass is 10.1. The molecule has 2 rings (SSSR count). The predicted octanol–water partition coefficient (Wildman–Crippen LogP) is 3.12. The number of rotatable bonds is 4. The van der Waals surface area contributed by atoms with Gasteiger partial charge in [0.05, 0.1) is 35.6 Å². The van der Waals surface area contributed by atoms with E-state index in [1.165, 1.54) is 7.11 Å². The molecule has 0 aliphatic carbocycles. The zero-order chi connectivity index (χ0) is 15.6. The molecule has 0 spiro atoms. The van der Waals surface area contributed by atoms with Crippen molar-refractivity contribution in [3.05, 3.63) is 45.1 Å². The molecule has 0 fully saturated rings. The third-order valence-corrected chi connectivity index (χ3v) is 4.03. The van der Waals surface area contributed by atoms with Gasteiger partial charge in [-0.15, -0.1) is 0 Å². The van der Waals surface area contributed by atoms with Gasteiger partial charge >= 0.3 is 0 Å². The zero-order valence-electron chi connectivity index (χ0n) is 11.9. The number of halogens is 2. The average molecular weight is 373 g/mol. The largest absolute Gasteiger partial charge is 0.496 e. The summed E-state index contributed by atoms with van der Waals surface area (Å²) in [5.74, 6) is 0.336. The van der Waals surface area contributed by atoms with Crippen LogP contribution in [-0.2, 0) is 13.6 Å². The average Bonchev–Trinajstić information content (AvgIpc) is 2.78. The maximum atomic E-state index is 12.6. The lowest BCUT2D eigenvalue weighted by molar-refractivity contribution is 0.0778. The second-order valence-electron chi connectivity index (χ2n) is 4.57. The fourth-order valence-electron chi connectivity index (χ4n) is 1.96. The zero-order valence-corrected chi connectivity index (χ0v) is 14.3. The SMILES string of the molecule is COc1ccc(Cl)cc1C(=O)N(C)Cc1c(Br)cnn1C. The fraction of sp³-hybridized carbons (Fsp3) is 0.286. The molecule has 0 aliphatic rings. The molecule has 0 atom stereocenters. The maximum Gasteiger partial charge on any atom is 0.257 e. The minimum absolute atomic E-state index is 0.164. The van der Waals surface area contributed by atoms with Gasteiger partial charge in [-0.05, 0) is 34.1 Å². The van der Waals surface area contributed by atoms with Gasteiger partial charge in [-0.3, -0.25) is 9.48 Å². The second kappa shape index (κ2) is 6.49. The number of hydrogen-bond acceptors (Lipinski definition) is 3. The predicted molar refractivity (Wildman–Crippen MR) is 84.7 cm³/mol. The van der Waals surface area contributed by atoms with Crippen LogP contribution in [0.15, 0.2) is 28.9 Å². The second-order valence-corrected chi connectivity index (χ2v) is 5.86. The molecule has 2 aromatic rings. The van der Waals surface area contributed by atoms with E-state index in [0.29, 0.717) is 22.9 Å². The molecule has 1 heterocycles. The summed E-state index contributed by atoms with van der Waals surface area (Å²) in [5.41, 5.74) is 1.35. The number of ether oxygens (including phenoxy) is 1. The molecule has 0 N–H and O–H groups in total. The Morgan fingerprint density at radius 1 is 1.52 bits per heavy atom. The summed E-state index contributed by atoms with van der Waals surface area (Å²) >= 11 is 9.39. The van der Waals surface area contributed by atoms with E-state index >= 15 is 0 Å². The van der Waals surface area contributed by atoms with Crippen LogP contribution in [0.5, 0.6) is 5.75 Å². The molecule has 7 heteroatoms. The van der Waals surface area contributed by atoms with E-state index in [0.717, 1.165) is 10.2 Å². The topological polar surface area (TPSA) is 47.4 Å². The molecule has 1 aromatic carbocycles. The van der Waals surface area contributed by atoms with Gasteiger partial charge in [-0.2, -0.15) is 5.10 Å². The first-order valence-corrected chi connectivity index (χ1v) is 7.36. The smallest absolute Gasteiger partial charge is 0.257 e. The highest BCUT2D eigenvalue weighted by atomic mass is 79.9. The standard InChI is InChI=1S/C14H15BrClN3O2/c1-18(8-12-11(15)7-17-19(12)2)14(20)10-6-9(16)4-5-13(10)21-3/h4-7H,8H2,1-3H3. The number of carbonyl (C=O) groups excluding carboxylic acids is 1. The molecule has 0 aliphatic heterocycles. The minimum Gasteiger partial charge on any atom is -0.496 e. The molecule has 0 saturated carbocycles.